The third kappa shape index (κ3) is 4.93. The molecule has 12 heteroatoms. The van der Waals surface area contributed by atoms with Gasteiger partial charge in [0.05, 0.1) is 21.2 Å². The third-order valence-electron chi connectivity index (χ3n) is 3.66. The van der Waals surface area contributed by atoms with E-state index in [9.17, 15) is 23.3 Å². The maximum absolute atomic E-state index is 13.0. The van der Waals surface area contributed by atoms with E-state index in [2.05, 4.69) is 36.5 Å². The van der Waals surface area contributed by atoms with Crippen LogP contribution in [-0.2, 0) is 6.18 Å². The number of nitro groups is 1. The van der Waals surface area contributed by atoms with Crippen LogP contribution in [0.3, 0.4) is 0 Å². The predicted octanol–water partition coefficient (Wildman–Crippen LogP) is 6.31. The van der Waals surface area contributed by atoms with Crippen molar-refractivity contribution in [2.45, 2.75) is 6.18 Å². The second kappa shape index (κ2) is 8.21. The van der Waals surface area contributed by atoms with Gasteiger partial charge in [-0.2, -0.15) is 13.2 Å². The summed E-state index contributed by atoms with van der Waals surface area (Å²) in [5.41, 5.74) is -1.19. The zero-order valence-corrected chi connectivity index (χ0v) is 16.5. The van der Waals surface area contributed by atoms with E-state index >= 15 is 0 Å². The predicted molar refractivity (Wildman–Crippen MR) is 106 cm³/mol. The van der Waals surface area contributed by atoms with E-state index in [0.717, 1.165) is 29.0 Å². The minimum atomic E-state index is -4.60. The minimum absolute atomic E-state index is 0.0617. The Morgan fingerprint density at radius 1 is 1.03 bits per heavy atom. The van der Waals surface area contributed by atoms with Crippen LogP contribution in [-0.4, -0.2) is 14.9 Å². The summed E-state index contributed by atoms with van der Waals surface area (Å²) in [6, 6.07) is 9.35. The van der Waals surface area contributed by atoms with Gasteiger partial charge in [0.1, 0.15) is 6.33 Å². The van der Waals surface area contributed by atoms with Crippen molar-refractivity contribution in [3.8, 4) is 0 Å². The summed E-state index contributed by atoms with van der Waals surface area (Å²) in [6.07, 6.45) is -3.56. The molecule has 2 aromatic carbocycles. The van der Waals surface area contributed by atoms with Crippen molar-refractivity contribution >= 4 is 56.2 Å². The fourth-order valence-corrected chi connectivity index (χ4v) is 2.76. The van der Waals surface area contributed by atoms with E-state index in [1.807, 2.05) is 0 Å². The first-order valence-electron chi connectivity index (χ1n) is 7.81. The molecule has 0 unspecified atom stereocenters. The van der Waals surface area contributed by atoms with Crippen LogP contribution in [0.5, 0.6) is 0 Å². The topological polar surface area (TPSA) is 93.0 Å². The molecule has 0 spiro atoms. The van der Waals surface area contributed by atoms with Crippen molar-refractivity contribution in [2.75, 3.05) is 10.6 Å². The van der Waals surface area contributed by atoms with Crippen LogP contribution in [0.2, 0.25) is 5.02 Å². The molecule has 0 atom stereocenters. The number of nitrogens with one attached hydrogen (secondary N) is 2. The summed E-state index contributed by atoms with van der Waals surface area (Å²) in [4.78, 5) is 18.5. The van der Waals surface area contributed by atoms with Crippen LogP contribution >= 0.6 is 27.5 Å². The Morgan fingerprint density at radius 2 is 1.66 bits per heavy atom. The molecule has 0 fully saturated rings. The Morgan fingerprint density at radius 3 is 2.24 bits per heavy atom. The molecular weight excluding hydrogens is 479 g/mol. The van der Waals surface area contributed by atoms with E-state index in [1.165, 1.54) is 0 Å². The van der Waals surface area contributed by atoms with Crippen molar-refractivity contribution in [1.29, 1.82) is 0 Å². The number of benzene rings is 2. The van der Waals surface area contributed by atoms with E-state index in [0.29, 0.717) is 5.69 Å². The van der Waals surface area contributed by atoms with Crippen molar-refractivity contribution in [3.05, 3.63) is 74.0 Å². The highest BCUT2D eigenvalue weighted by atomic mass is 79.9. The van der Waals surface area contributed by atoms with Crippen LogP contribution in [0.4, 0.5) is 41.9 Å². The second-order valence-electron chi connectivity index (χ2n) is 5.63. The van der Waals surface area contributed by atoms with Crippen molar-refractivity contribution in [3.63, 3.8) is 0 Å². The Bertz CT molecular complexity index is 1060. The van der Waals surface area contributed by atoms with Crippen molar-refractivity contribution in [2.24, 2.45) is 0 Å². The zero-order valence-electron chi connectivity index (χ0n) is 14.2. The summed E-state index contributed by atoms with van der Waals surface area (Å²) in [5, 5.41) is 16.8. The fraction of sp³-hybridized carbons (Fsp3) is 0.0588. The molecule has 3 aromatic rings. The van der Waals surface area contributed by atoms with Crippen LogP contribution in [0.15, 0.2) is 53.3 Å². The largest absolute Gasteiger partial charge is 0.416 e. The molecule has 0 saturated heterocycles. The minimum Gasteiger partial charge on any atom is -0.334 e. The molecule has 7 nitrogen and oxygen atoms in total. The lowest BCUT2D eigenvalue weighted by Crippen LogP contribution is -2.08. The number of anilines is 4. The van der Waals surface area contributed by atoms with Gasteiger partial charge in [0, 0.05) is 10.2 Å². The average Bonchev–Trinajstić information content (AvgIpc) is 2.64. The number of alkyl halides is 3. The highest BCUT2D eigenvalue weighted by Crippen LogP contribution is 2.38. The Hall–Kier alpha value is -2.92. The normalized spacial score (nSPS) is 11.2. The molecule has 0 aliphatic rings. The van der Waals surface area contributed by atoms with Gasteiger partial charge in [0.15, 0.2) is 0 Å². The van der Waals surface area contributed by atoms with Gasteiger partial charge < -0.3 is 10.6 Å². The maximum atomic E-state index is 13.0. The van der Waals surface area contributed by atoms with E-state index < -0.39 is 22.4 Å². The molecule has 1 heterocycles. The first-order valence-corrected chi connectivity index (χ1v) is 8.98. The summed E-state index contributed by atoms with van der Waals surface area (Å²) >= 11 is 9.23. The lowest BCUT2D eigenvalue weighted by Gasteiger charge is -2.13. The van der Waals surface area contributed by atoms with Crippen LogP contribution < -0.4 is 10.6 Å². The number of nitrogens with zero attached hydrogens (tertiary/aromatic N) is 3. The molecular formula is C17H10BrClF3N5O2. The van der Waals surface area contributed by atoms with E-state index in [4.69, 9.17) is 11.6 Å². The second-order valence-corrected chi connectivity index (χ2v) is 6.95. The van der Waals surface area contributed by atoms with Gasteiger partial charge in [0.2, 0.25) is 11.6 Å². The Labute approximate surface area is 175 Å². The summed E-state index contributed by atoms with van der Waals surface area (Å²) in [6.45, 7) is 0. The number of halogens is 5. The van der Waals surface area contributed by atoms with Gasteiger partial charge >= 0.3 is 11.9 Å². The zero-order chi connectivity index (χ0) is 21.2. The lowest BCUT2D eigenvalue weighted by molar-refractivity contribution is -0.383. The smallest absolute Gasteiger partial charge is 0.334 e. The van der Waals surface area contributed by atoms with Crippen LogP contribution in [0.25, 0.3) is 0 Å². The molecule has 0 aliphatic heterocycles. The third-order valence-corrected chi connectivity index (χ3v) is 4.52. The molecule has 0 saturated carbocycles. The average molecular weight is 489 g/mol. The Balaban J connectivity index is 2.00. The molecule has 0 aliphatic carbocycles. The highest BCUT2D eigenvalue weighted by molar-refractivity contribution is 9.10. The van der Waals surface area contributed by atoms with Crippen molar-refractivity contribution in [1.82, 2.24) is 9.97 Å². The molecule has 0 radical (unpaired) electrons. The fourth-order valence-electron chi connectivity index (χ4n) is 2.33. The van der Waals surface area contributed by atoms with E-state index in [-0.39, 0.29) is 22.3 Å². The quantitative estimate of drug-likeness (QED) is 0.323. The SMILES string of the molecule is O=[N+]([O-])c1c(Nc2ccc(Br)cc2)ncnc1Nc1cc(C(F)(F)F)ccc1Cl. The monoisotopic (exact) mass is 487 g/mol. The Kier molecular flexibility index (Phi) is 5.89. The number of hydrogen-bond donors (Lipinski definition) is 2. The van der Waals surface area contributed by atoms with Crippen LogP contribution in [0.1, 0.15) is 5.56 Å². The maximum Gasteiger partial charge on any atom is 0.416 e. The highest BCUT2D eigenvalue weighted by Gasteiger charge is 2.31. The van der Waals surface area contributed by atoms with Gasteiger partial charge in [-0.15, -0.1) is 0 Å². The molecule has 0 bridgehead atoms. The lowest BCUT2D eigenvalue weighted by atomic mass is 10.2. The number of hydrogen-bond acceptors (Lipinski definition) is 6. The summed E-state index contributed by atoms with van der Waals surface area (Å²) in [5.74, 6) is -0.455. The standard InChI is InChI=1S/C17H10BrClF3N5O2/c18-10-2-4-11(5-3-10)25-15-14(27(28)29)16(24-8-23-15)26-13-7-9(17(20,21)22)1-6-12(13)19/h1-8H,(H2,23,24,25,26). The molecule has 0 amide bonds. The molecule has 3 rings (SSSR count). The summed E-state index contributed by atoms with van der Waals surface area (Å²) < 4.78 is 39.7. The van der Waals surface area contributed by atoms with Crippen LogP contribution in [0, 0.1) is 10.1 Å². The molecule has 2 N–H and O–H groups in total. The molecule has 29 heavy (non-hydrogen) atoms. The first-order chi connectivity index (χ1) is 13.6. The van der Waals surface area contributed by atoms with Gasteiger partial charge in [-0.3, -0.25) is 10.1 Å². The molecule has 1 aromatic heterocycles. The first kappa shape index (κ1) is 20.8. The van der Waals surface area contributed by atoms with Gasteiger partial charge in [-0.1, -0.05) is 27.5 Å². The van der Waals surface area contributed by atoms with Gasteiger partial charge in [0.25, 0.3) is 0 Å². The molecule has 150 valence electrons. The number of rotatable bonds is 5. The van der Waals surface area contributed by atoms with Gasteiger partial charge in [-0.05, 0) is 42.5 Å². The van der Waals surface area contributed by atoms with Gasteiger partial charge in [-0.25, -0.2) is 9.97 Å². The van der Waals surface area contributed by atoms with E-state index in [1.54, 1.807) is 24.3 Å². The number of aromatic nitrogens is 2. The van der Waals surface area contributed by atoms with Crippen molar-refractivity contribution < 1.29 is 18.1 Å². The summed E-state index contributed by atoms with van der Waals surface area (Å²) in [7, 11) is 0.